The van der Waals surface area contributed by atoms with Gasteiger partial charge >= 0.3 is 0 Å². The van der Waals surface area contributed by atoms with Gasteiger partial charge in [0.1, 0.15) is 6.10 Å². The maximum absolute atomic E-state index is 6.11. The van der Waals surface area contributed by atoms with E-state index in [1.807, 2.05) is 6.07 Å². The van der Waals surface area contributed by atoms with E-state index >= 15 is 0 Å². The first-order valence-corrected chi connectivity index (χ1v) is 7.41. The number of ether oxygens (including phenoxy) is 2. The van der Waals surface area contributed by atoms with Crippen LogP contribution < -0.4 is 5.73 Å². The third-order valence-electron chi connectivity index (χ3n) is 2.52. The van der Waals surface area contributed by atoms with E-state index in [2.05, 4.69) is 28.9 Å². The molecule has 1 heterocycles. The average Bonchev–Trinajstić information content (AvgIpc) is 2.75. The fourth-order valence-corrected chi connectivity index (χ4v) is 3.07. The first-order chi connectivity index (χ1) is 8.19. The van der Waals surface area contributed by atoms with Crippen LogP contribution >= 0.6 is 27.3 Å². The maximum Gasteiger partial charge on any atom is 0.107 e. The van der Waals surface area contributed by atoms with E-state index in [4.69, 9.17) is 15.2 Å². The average molecular weight is 322 g/mol. The summed E-state index contributed by atoms with van der Waals surface area (Å²) >= 11 is 5.15. The van der Waals surface area contributed by atoms with Gasteiger partial charge in [-0.15, -0.1) is 11.3 Å². The lowest BCUT2D eigenvalue weighted by Crippen LogP contribution is -2.29. The molecule has 2 unspecified atom stereocenters. The van der Waals surface area contributed by atoms with E-state index in [9.17, 15) is 0 Å². The van der Waals surface area contributed by atoms with Gasteiger partial charge in [-0.3, -0.25) is 0 Å². The van der Waals surface area contributed by atoms with Crippen molar-refractivity contribution in [3.8, 4) is 0 Å². The summed E-state index contributed by atoms with van der Waals surface area (Å²) in [6.45, 7) is 3.49. The van der Waals surface area contributed by atoms with Gasteiger partial charge in [-0.25, -0.2) is 0 Å². The van der Waals surface area contributed by atoms with Crippen LogP contribution in [0.4, 0.5) is 0 Å². The van der Waals surface area contributed by atoms with Crippen molar-refractivity contribution >= 4 is 27.3 Å². The van der Waals surface area contributed by atoms with Crippen LogP contribution in [0, 0.1) is 0 Å². The Morgan fingerprint density at radius 1 is 1.41 bits per heavy atom. The second-order valence-electron chi connectivity index (χ2n) is 3.85. The number of hydrogen-bond acceptors (Lipinski definition) is 4. The van der Waals surface area contributed by atoms with Gasteiger partial charge in [0.2, 0.25) is 0 Å². The highest BCUT2D eigenvalue weighted by atomic mass is 79.9. The molecule has 5 heteroatoms. The molecular formula is C12H20BrNO2S. The van der Waals surface area contributed by atoms with Crippen molar-refractivity contribution in [3.05, 3.63) is 20.8 Å². The number of nitrogens with two attached hydrogens (primary N) is 1. The van der Waals surface area contributed by atoms with E-state index in [0.29, 0.717) is 6.61 Å². The lowest BCUT2D eigenvalue weighted by Gasteiger charge is -2.22. The first-order valence-electron chi connectivity index (χ1n) is 5.80. The predicted molar refractivity (Wildman–Crippen MR) is 75.5 cm³/mol. The zero-order valence-electron chi connectivity index (χ0n) is 10.3. The van der Waals surface area contributed by atoms with Crippen LogP contribution in [0.15, 0.2) is 15.9 Å². The van der Waals surface area contributed by atoms with Crippen molar-refractivity contribution in [2.75, 3.05) is 20.3 Å². The minimum absolute atomic E-state index is 0.00634. The van der Waals surface area contributed by atoms with Gasteiger partial charge in [0.25, 0.3) is 0 Å². The topological polar surface area (TPSA) is 44.5 Å². The van der Waals surface area contributed by atoms with Crippen molar-refractivity contribution in [3.63, 3.8) is 0 Å². The van der Waals surface area contributed by atoms with Crippen molar-refractivity contribution in [1.29, 1.82) is 0 Å². The number of halogens is 1. The molecule has 0 saturated carbocycles. The standard InChI is InChI=1S/C12H20BrNO2S/c1-3-9(14)12(16-8-4-7-15-2)10-5-6-11(13)17-10/h5-6,9,12H,3-4,7-8,14H2,1-2H3. The lowest BCUT2D eigenvalue weighted by atomic mass is 10.1. The molecule has 0 bridgehead atoms. The van der Waals surface area contributed by atoms with Crippen molar-refractivity contribution in [2.45, 2.75) is 31.9 Å². The molecule has 0 aromatic carbocycles. The van der Waals surface area contributed by atoms with Gasteiger partial charge in [-0.2, -0.15) is 0 Å². The van der Waals surface area contributed by atoms with Gasteiger partial charge in [0.05, 0.1) is 3.79 Å². The molecule has 2 N–H and O–H groups in total. The number of rotatable bonds is 8. The van der Waals surface area contributed by atoms with Gasteiger partial charge in [-0.05, 0) is 40.9 Å². The highest BCUT2D eigenvalue weighted by Gasteiger charge is 2.20. The maximum atomic E-state index is 6.11. The van der Waals surface area contributed by atoms with E-state index in [1.165, 1.54) is 4.88 Å². The number of hydrogen-bond donors (Lipinski definition) is 1. The Balaban J connectivity index is 2.55. The molecule has 0 radical (unpaired) electrons. The molecule has 3 nitrogen and oxygen atoms in total. The smallest absolute Gasteiger partial charge is 0.107 e. The Morgan fingerprint density at radius 2 is 2.18 bits per heavy atom. The summed E-state index contributed by atoms with van der Waals surface area (Å²) in [5, 5.41) is 0. The third kappa shape index (κ3) is 5.06. The SMILES string of the molecule is CCC(N)C(OCCCOC)c1ccc(Br)s1. The summed E-state index contributed by atoms with van der Waals surface area (Å²) in [5.74, 6) is 0. The third-order valence-corrected chi connectivity index (χ3v) is 4.21. The quantitative estimate of drug-likeness (QED) is 0.747. The molecule has 1 rings (SSSR count). The van der Waals surface area contributed by atoms with Gasteiger partial charge < -0.3 is 15.2 Å². The molecular weight excluding hydrogens is 302 g/mol. The molecule has 0 aliphatic carbocycles. The normalized spacial score (nSPS) is 14.8. The molecule has 0 spiro atoms. The van der Waals surface area contributed by atoms with Crippen molar-refractivity contribution in [2.24, 2.45) is 5.73 Å². The van der Waals surface area contributed by atoms with Crippen LogP contribution in [0.5, 0.6) is 0 Å². The number of thiophene rings is 1. The molecule has 17 heavy (non-hydrogen) atoms. The Bertz CT molecular complexity index is 319. The molecule has 1 aromatic heterocycles. The van der Waals surface area contributed by atoms with E-state index in [0.717, 1.165) is 23.2 Å². The Morgan fingerprint density at radius 3 is 2.71 bits per heavy atom. The van der Waals surface area contributed by atoms with Crippen molar-refractivity contribution < 1.29 is 9.47 Å². The van der Waals surface area contributed by atoms with Crippen LogP contribution in [-0.4, -0.2) is 26.4 Å². The molecule has 0 saturated heterocycles. The Hall–Kier alpha value is 0.0600. The highest BCUT2D eigenvalue weighted by molar-refractivity contribution is 9.11. The molecule has 0 amide bonds. The fraction of sp³-hybridized carbons (Fsp3) is 0.667. The summed E-state index contributed by atoms with van der Waals surface area (Å²) < 4.78 is 12.0. The van der Waals surface area contributed by atoms with Crippen LogP contribution in [0.3, 0.4) is 0 Å². The molecule has 98 valence electrons. The van der Waals surface area contributed by atoms with Gasteiger partial charge in [0, 0.05) is 31.2 Å². The zero-order chi connectivity index (χ0) is 12.7. The predicted octanol–water partition coefficient (Wildman–Crippen LogP) is 3.34. The first kappa shape index (κ1) is 15.1. The molecule has 0 aliphatic rings. The van der Waals surface area contributed by atoms with Gasteiger partial charge in [0.15, 0.2) is 0 Å². The van der Waals surface area contributed by atoms with Crippen molar-refractivity contribution in [1.82, 2.24) is 0 Å². The largest absolute Gasteiger partial charge is 0.385 e. The Labute approximate surface area is 115 Å². The van der Waals surface area contributed by atoms with E-state index in [1.54, 1.807) is 18.4 Å². The zero-order valence-corrected chi connectivity index (χ0v) is 12.7. The summed E-state index contributed by atoms with van der Waals surface area (Å²) in [4.78, 5) is 1.18. The molecule has 2 atom stereocenters. The van der Waals surface area contributed by atoms with E-state index in [-0.39, 0.29) is 12.1 Å². The number of methoxy groups -OCH3 is 1. The van der Waals surface area contributed by atoms with Crippen LogP contribution in [-0.2, 0) is 9.47 Å². The highest BCUT2D eigenvalue weighted by Crippen LogP contribution is 2.31. The van der Waals surface area contributed by atoms with E-state index < -0.39 is 0 Å². The minimum Gasteiger partial charge on any atom is -0.385 e. The monoisotopic (exact) mass is 321 g/mol. The lowest BCUT2D eigenvalue weighted by molar-refractivity contribution is 0.0244. The van der Waals surface area contributed by atoms with Crippen LogP contribution in [0.1, 0.15) is 30.7 Å². The Kier molecular flexibility index (Phi) is 7.30. The minimum atomic E-state index is -0.00634. The second kappa shape index (κ2) is 8.21. The van der Waals surface area contributed by atoms with Crippen LogP contribution in [0.25, 0.3) is 0 Å². The molecule has 0 aliphatic heterocycles. The summed E-state index contributed by atoms with van der Waals surface area (Å²) in [6, 6.07) is 4.15. The summed E-state index contributed by atoms with van der Waals surface area (Å²) in [7, 11) is 1.70. The van der Waals surface area contributed by atoms with Gasteiger partial charge in [-0.1, -0.05) is 6.92 Å². The fourth-order valence-electron chi connectivity index (χ4n) is 1.53. The summed E-state index contributed by atoms with van der Waals surface area (Å²) in [6.07, 6.45) is 1.80. The second-order valence-corrected chi connectivity index (χ2v) is 6.35. The molecule has 1 aromatic rings. The molecule has 0 fully saturated rings. The van der Waals surface area contributed by atoms with Crippen LogP contribution in [0.2, 0.25) is 0 Å². The summed E-state index contributed by atoms with van der Waals surface area (Å²) in [5.41, 5.74) is 6.11.